The van der Waals surface area contributed by atoms with Crippen molar-refractivity contribution in [3.8, 4) is 0 Å². The molecule has 0 radical (unpaired) electrons. The van der Waals surface area contributed by atoms with Crippen LogP contribution in [0.2, 0.25) is 0 Å². The summed E-state index contributed by atoms with van der Waals surface area (Å²) in [5, 5.41) is 3.01. The molecule has 3 nitrogen and oxygen atoms in total. The Morgan fingerprint density at radius 3 is 1.86 bits per heavy atom. The summed E-state index contributed by atoms with van der Waals surface area (Å²) in [6.45, 7) is 6.86. The van der Waals surface area contributed by atoms with Gasteiger partial charge in [-0.2, -0.15) is 0 Å². The van der Waals surface area contributed by atoms with Gasteiger partial charge in [0.15, 0.2) is 11.6 Å². The monoisotopic (exact) mass is 193 g/mol. The quantitative estimate of drug-likeness (QED) is 0.678. The van der Waals surface area contributed by atoms with Crippen LogP contribution in [-0.2, 0) is 9.59 Å². The zero-order chi connectivity index (χ0) is 10.6. The predicted molar refractivity (Wildman–Crippen MR) is 55.0 cm³/mol. The number of hydrogen-bond donors (Lipinski definition) is 1. The van der Waals surface area contributed by atoms with Gasteiger partial charge in [-0.05, 0) is 31.4 Å². The molecule has 1 aliphatic heterocycles. The van der Waals surface area contributed by atoms with E-state index in [-0.39, 0.29) is 23.7 Å². The summed E-state index contributed by atoms with van der Waals surface area (Å²) in [6, 6.07) is -0.481. The summed E-state index contributed by atoms with van der Waals surface area (Å²) in [4.78, 5) is 22.6. The summed E-state index contributed by atoms with van der Waals surface area (Å²) >= 11 is 0. The van der Waals surface area contributed by atoms with Crippen molar-refractivity contribution in [2.45, 2.75) is 31.3 Å². The molecular weight excluding hydrogens is 178 g/mol. The summed E-state index contributed by atoms with van der Waals surface area (Å²) in [7, 11) is 0. The molecule has 14 heavy (non-hydrogen) atoms. The van der Waals surface area contributed by atoms with E-state index in [4.69, 9.17) is 0 Å². The van der Waals surface area contributed by atoms with Gasteiger partial charge < -0.3 is 0 Å². The highest BCUT2D eigenvalue weighted by molar-refractivity contribution is 5.97. The van der Waals surface area contributed by atoms with Crippen LogP contribution in [0.5, 0.6) is 0 Å². The third-order valence-electron chi connectivity index (χ3n) is 2.48. The largest absolute Gasteiger partial charge is 0.297 e. The summed E-state index contributed by atoms with van der Waals surface area (Å²) in [5.74, 6) is -0.0712. The van der Waals surface area contributed by atoms with E-state index in [1.807, 2.05) is 0 Å². The number of rotatable bonds is 4. The molecule has 1 heterocycles. The van der Waals surface area contributed by atoms with Crippen LogP contribution in [-0.4, -0.2) is 23.7 Å². The smallest absolute Gasteiger partial charge is 0.171 e. The van der Waals surface area contributed by atoms with Gasteiger partial charge in [-0.15, -0.1) is 0 Å². The van der Waals surface area contributed by atoms with Gasteiger partial charge in [0.25, 0.3) is 0 Å². The molecule has 1 rings (SSSR count). The Morgan fingerprint density at radius 2 is 1.50 bits per heavy atom. The lowest BCUT2D eigenvalue weighted by Crippen LogP contribution is -2.49. The van der Waals surface area contributed by atoms with Crippen molar-refractivity contribution < 1.29 is 9.59 Å². The standard InChI is InChI=1S/C11H15NO2/c1-3-10(13)8-6-5-7-9(12-8)11(14)4-2/h3-4,8-9,12H,1-2,5-7H2. The fraction of sp³-hybridized carbons (Fsp3) is 0.455. The first-order valence-electron chi connectivity index (χ1n) is 4.77. The van der Waals surface area contributed by atoms with Crippen LogP contribution in [0.1, 0.15) is 19.3 Å². The first kappa shape index (κ1) is 10.9. The lowest BCUT2D eigenvalue weighted by atomic mass is 9.93. The normalized spacial score (nSPS) is 26.6. The van der Waals surface area contributed by atoms with Gasteiger partial charge in [0, 0.05) is 0 Å². The van der Waals surface area contributed by atoms with Crippen LogP contribution in [0, 0.1) is 0 Å². The fourth-order valence-corrected chi connectivity index (χ4v) is 1.67. The highest BCUT2D eigenvalue weighted by Crippen LogP contribution is 2.14. The number of nitrogens with one attached hydrogen (secondary N) is 1. The van der Waals surface area contributed by atoms with Crippen molar-refractivity contribution in [3.05, 3.63) is 25.3 Å². The molecular formula is C11H15NO2. The van der Waals surface area contributed by atoms with Crippen LogP contribution in [0.25, 0.3) is 0 Å². The van der Waals surface area contributed by atoms with Crippen molar-refractivity contribution in [2.75, 3.05) is 0 Å². The van der Waals surface area contributed by atoms with Crippen molar-refractivity contribution in [1.82, 2.24) is 5.32 Å². The molecule has 1 fully saturated rings. The molecule has 1 N–H and O–H groups in total. The van der Waals surface area contributed by atoms with E-state index < -0.39 is 0 Å². The maximum absolute atomic E-state index is 11.3. The van der Waals surface area contributed by atoms with Crippen molar-refractivity contribution in [2.24, 2.45) is 0 Å². The summed E-state index contributed by atoms with van der Waals surface area (Å²) in [6.07, 6.45) is 5.07. The Hall–Kier alpha value is -1.22. The van der Waals surface area contributed by atoms with Gasteiger partial charge in [-0.25, -0.2) is 0 Å². The molecule has 0 saturated carbocycles. The number of ketones is 2. The van der Waals surface area contributed by atoms with E-state index in [0.29, 0.717) is 0 Å². The molecule has 0 spiro atoms. The van der Waals surface area contributed by atoms with Gasteiger partial charge in [-0.1, -0.05) is 13.2 Å². The predicted octanol–water partition coefficient (Wildman–Crippen LogP) is 1.01. The highest BCUT2D eigenvalue weighted by atomic mass is 16.1. The minimum absolute atomic E-state index is 0.0356. The molecule has 0 aliphatic carbocycles. The second-order valence-electron chi connectivity index (χ2n) is 3.42. The van der Waals surface area contributed by atoms with E-state index in [9.17, 15) is 9.59 Å². The highest BCUT2D eigenvalue weighted by Gasteiger charge is 2.27. The Labute approximate surface area is 83.9 Å². The second kappa shape index (κ2) is 4.86. The lowest BCUT2D eigenvalue weighted by molar-refractivity contribution is -0.120. The molecule has 0 aromatic rings. The second-order valence-corrected chi connectivity index (χ2v) is 3.42. The van der Waals surface area contributed by atoms with E-state index in [1.165, 1.54) is 12.2 Å². The van der Waals surface area contributed by atoms with E-state index in [2.05, 4.69) is 18.5 Å². The molecule has 1 saturated heterocycles. The van der Waals surface area contributed by atoms with Crippen LogP contribution < -0.4 is 5.32 Å². The number of carbonyl (C=O) groups is 2. The maximum atomic E-state index is 11.3. The average molecular weight is 193 g/mol. The first-order chi connectivity index (χ1) is 6.69. The summed E-state index contributed by atoms with van der Waals surface area (Å²) < 4.78 is 0. The van der Waals surface area contributed by atoms with Crippen molar-refractivity contribution in [1.29, 1.82) is 0 Å². The van der Waals surface area contributed by atoms with E-state index in [1.54, 1.807) is 0 Å². The van der Waals surface area contributed by atoms with Crippen molar-refractivity contribution in [3.63, 3.8) is 0 Å². The molecule has 0 aromatic heterocycles. The maximum Gasteiger partial charge on any atom is 0.171 e. The first-order valence-corrected chi connectivity index (χ1v) is 4.77. The van der Waals surface area contributed by atoms with Gasteiger partial charge in [0.05, 0.1) is 12.1 Å². The Kier molecular flexibility index (Phi) is 3.77. The molecule has 1 aliphatic rings. The SMILES string of the molecule is C=CC(=O)C1CCCC(C(=O)C=C)N1. The molecule has 2 atom stereocenters. The Morgan fingerprint density at radius 1 is 1.07 bits per heavy atom. The third-order valence-corrected chi connectivity index (χ3v) is 2.48. The van der Waals surface area contributed by atoms with E-state index in [0.717, 1.165) is 19.3 Å². The Balaban J connectivity index is 2.59. The van der Waals surface area contributed by atoms with Crippen LogP contribution in [0.3, 0.4) is 0 Å². The van der Waals surface area contributed by atoms with Gasteiger partial charge in [0.1, 0.15) is 0 Å². The van der Waals surface area contributed by atoms with Crippen LogP contribution >= 0.6 is 0 Å². The molecule has 2 unspecified atom stereocenters. The van der Waals surface area contributed by atoms with Gasteiger partial charge in [-0.3, -0.25) is 14.9 Å². The zero-order valence-corrected chi connectivity index (χ0v) is 8.16. The Bertz CT molecular complexity index is 244. The number of piperidine rings is 1. The van der Waals surface area contributed by atoms with E-state index >= 15 is 0 Å². The molecule has 3 heteroatoms. The molecule has 0 aromatic carbocycles. The van der Waals surface area contributed by atoms with Crippen LogP contribution in [0.15, 0.2) is 25.3 Å². The summed E-state index contributed by atoms with van der Waals surface area (Å²) in [5.41, 5.74) is 0. The third kappa shape index (κ3) is 2.39. The fourth-order valence-electron chi connectivity index (χ4n) is 1.67. The van der Waals surface area contributed by atoms with Gasteiger partial charge >= 0.3 is 0 Å². The number of carbonyl (C=O) groups excluding carboxylic acids is 2. The zero-order valence-electron chi connectivity index (χ0n) is 8.16. The van der Waals surface area contributed by atoms with Crippen LogP contribution in [0.4, 0.5) is 0 Å². The number of hydrogen-bond acceptors (Lipinski definition) is 3. The lowest BCUT2D eigenvalue weighted by Gasteiger charge is -2.27. The molecule has 0 amide bonds. The molecule has 0 bridgehead atoms. The van der Waals surface area contributed by atoms with Crippen molar-refractivity contribution >= 4 is 11.6 Å². The molecule has 76 valence electrons. The van der Waals surface area contributed by atoms with Gasteiger partial charge in [0.2, 0.25) is 0 Å². The average Bonchev–Trinajstić information content (AvgIpc) is 2.27. The minimum atomic E-state index is -0.241. The topological polar surface area (TPSA) is 46.2 Å². The minimum Gasteiger partial charge on any atom is -0.297 e.